The van der Waals surface area contributed by atoms with Crippen molar-refractivity contribution in [1.82, 2.24) is 9.80 Å². The molecule has 286 valence electrons. The SMILES string of the molecule is C#CC.C=C/C=C(\C=C/C)C1=CC(C(C)/C=C\C(=C/C)OCC2CCCN(C)C2)N(C(=O)CCC)CC1.CC.CC.Cc1ccc(C(C)C)cc1. The maximum absolute atomic E-state index is 12.9. The van der Waals surface area contributed by atoms with Crippen molar-refractivity contribution in [3.8, 4) is 12.3 Å². The molecule has 0 radical (unpaired) electrons. The van der Waals surface area contributed by atoms with Gasteiger partial charge in [0.15, 0.2) is 0 Å². The van der Waals surface area contributed by atoms with E-state index in [0.717, 1.165) is 38.3 Å². The van der Waals surface area contributed by atoms with E-state index in [1.54, 1.807) is 6.92 Å². The predicted octanol–water partition coefficient (Wildman–Crippen LogP) is 12.3. The quantitative estimate of drug-likeness (QED) is 0.124. The lowest BCUT2D eigenvalue weighted by molar-refractivity contribution is -0.133. The molecular formula is C47H76N2O2. The van der Waals surface area contributed by atoms with Gasteiger partial charge in [0.2, 0.25) is 5.91 Å². The molecule has 0 saturated carbocycles. The second kappa shape index (κ2) is 31.2. The average Bonchev–Trinajstić information content (AvgIpc) is 3.14. The molecule has 0 aromatic heterocycles. The summed E-state index contributed by atoms with van der Waals surface area (Å²) >= 11 is 0. The first-order valence-electron chi connectivity index (χ1n) is 19.6. The van der Waals surface area contributed by atoms with Crippen molar-refractivity contribution in [2.75, 3.05) is 33.3 Å². The van der Waals surface area contributed by atoms with Crippen molar-refractivity contribution in [3.05, 3.63) is 107 Å². The molecule has 2 heterocycles. The van der Waals surface area contributed by atoms with E-state index in [1.165, 1.54) is 41.7 Å². The summed E-state index contributed by atoms with van der Waals surface area (Å²) in [6, 6.07) is 8.74. The van der Waals surface area contributed by atoms with Crippen molar-refractivity contribution in [2.45, 2.75) is 127 Å². The Morgan fingerprint density at radius 1 is 1.08 bits per heavy atom. The maximum atomic E-state index is 12.9. The van der Waals surface area contributed by atoms with Gasteiger partial charge < -0.3 is 14.5 Å². The molecule has 1 aromatic rings. The van der Waals surface area contributed by atoms with E-state index in [-0.39, 0.29) is 17.9 Å². The van der Waals surface area contributed by atoms with Crippen molar-refractivity contribution >= 4 is 5.91 Å². The van der Waals surface area contributed by atoms with Crippen LogP contribution in [0.4, 0.5) is 0 Å². The standard InChI is InChI=1S/C30H46N2O2.C10H14.C3H4.2C2H6/c1-7-12-26(13-8-2)27-18-20-32(30(33)14-9-3)29(21-27)24(5)16-17-28(10-4)34-23-25-15-11-19-31(6)22-25;1-8(2)10-6-4-9(3)5-7-10;1-3-2;2*1-2/h7-8,10,12-13,16-17,21,24-25,29H,1,9,11,14-15,18-20,22-23H2,2-6H3;4-8H,1-3H3;1H,2H3;2*1-2H3/b13-8-,17-16-,26-12+,28-10+;;;;. The van der Waals surface area contributed by atoms with Crippen LogP contribution in [0.15, 0.2) is 96.4 Å². The lowest BCUT2D eigenvalue weighted by Crippen LogP contribution is -2.45. The highest BCUT2D eigenvalue weighted by molar-refractivity contribution is 5.77. The lowest BCUT2D eigenvalue weighted by Gasteiger charge is -2.37. The van der Waals surface area contributed by atoms with Crippen LogP contribution < -0.4 is 0 Å². The van der Waals surface area contributed by atoms with Gasteiger partial charge in [0.05, 0.1) is 12.6 Å². The summed E-state index contributed by atoms with van der Waals surface area (Å²) in [5.74, 6) is 4.82. The third kappa shape index (κ3) is 20.8. The highest BCUT2D eigenvalue weighted by Gasteiger charge is 2.29. The molecule has 1 saturated heterocycles. The molecule has 0 spiro atoms. The first-order valence-corrected chi connectivity index (χ1v) is 19.6. The van der Waals surface area contributed by atoms with Gasteiger partial charge in [0, 0.05) is 25.4 Å². The molecule has 3 rings (SSSR count). The molecule has 0 aliphatic carbocycles. The molecule has 0 bridgehead atoms. The molecule has 1 fully saturated rings. The van der Waals surface area contributed by atoms with Crippen LogP contribution >= 0.6 is 0 Å². The number of piperidine rings is 1. The number of aryl methyl sites for hydroxylation is 1. The van der Waals surface area contributed by atoms with Gasteiger partial charge in [-0.05, 0) is 108 Å². The van der Waals surface area contributed by atoms with E-state index in [0.29, 0.717) is 18.3 Å². The number of benzene rings is 1. The zero-order chi connectivity index (χ0) is 39.2. The third-order valence-corrected chi connectivity index (χ3v) is 8.49. The van der Waals surface area contributed by atoms with Crippen molar-refractivity contribution in [3.63, 3.8) is 0 Å². The maximum Gasteiger partial charge on any atom is 0.223 e. The first kappa shape index (κ1) is 49.6. The summed E-state index contributed by atoms with van der Waals surface area (Å²) in [6.45, 7) is 32.2. The van der Waals surface area contributed by atoms with Gasteiger partial charge in [-0.3, -0.25) is 4.79 Å². The van der Waals surface area contributed by atoms with Crippen molar-refractivity contribution in [1.29, 1.82) is 0 Å². The third-order valence-electron chi connectivity index (χ3n) is 8.49. The molecule has 3 unspecified atom stereocenters. The first-order chi connectivity index (χ1) is 24.5. The Hall–Kier alpha value is -3.55. The lowest BCUT2D eigenvalue weighted by atomic mass is 9.88. The number of nitrogens with zero attached hydrogens (tertiary/aromatic N) is 2. The van der Waals surface area contributed by atoms with E-state index in [9.17, 15) is 4.79 Å². The predicted molar refractivity (Wildman–Crippen MR) is 227 cm³/mol. The highest BCUT2D eigenvalue weighted by Crippen LogP contribution is 2.29. The van der Waals surface area contributed by atoms with Crippen LogP contribution in [0.1, 0.15) is 125 Å². The van der Waals surface area contributed by atoms with Crippen LogP contribution in [-0.4, -0.2) is 55.0 Å². The van der Waals surface area contributed by atoms with E-state index in [4.69, 9.17) is 4.74 Å². The number of allylic oxidation sites excluding steroid dienone is 7. The van der Waals surface area contributed by atoms with Gasteiger partial charge in [-0.15, -0.1) is 12.3 Å². The van der Waals surface area contributed by atoms with Crippen LogP contribution in [0.2, 0.25) is 0 Å². The number of hydrogen-bond donors (Lipinski definition) is 0. The average molecular weight is 701 g/mol. The van der Waals surface area contributed by atoms with Gasteiger partial charge in [-0.25, -0.2) is 0 Å². The van der Waals surface area contributed by atoms with Gasteiger partial charge >= 0.3 is 0 Å². The van der Waals surface area contributed by atoms with Crippen LogP contribution in [0, 0.1) is 31.1 Å². The smallest absolute Gasteiger partial charge is 0.223 e. The van der Waals surface area contributed by atoms with E-state index < -0.39 is 0 Å². The number of likely N-dealkylation sites (tertiary alicyclic amines) is 1. The molecule has 2 aliphatic rings. The summed E-state index contributed by atoms with van der Waals surface area (Å²) in [6.07, 6.45) is 26.1. The minimum absolute atomic E-state index is 0.0302. The van der Waals surface area contributed by atoms with E-state index in [1.807, 2.05) is 53.7 Å². The minimum Gasteiger partial charge on any atom is -0.494 e. The Morgan fingerprint density at radius 3 is 2.22 bits per heavy atom. The Morgan fingerprint density at radius 2 is 1.71 bits per heavy atom. The fraction of sp³-hybridized carbons (Fsp3) is 0.553. The fourth-order valence-corrected chi connectivity index (χ4v) is 5.83. The summed E-state index contributed by atoms with van der Waals surface area (Å²) in [4.78, 5) is 17.4. The number of carbonyl (C=O) groups excluding carboxylic acids is 1. The molecular weight excluding hydrogens is 625 g/mol. The zero-order valence-electron chi connectivity index (χ0n) is 35.1. The Kier molecular flexibility index (Phi) is 30.3. The second-order valence-electron chi connectivity index (χ2n) is 13.0. The summed E-state index contributed by atoms with van der Waals surface area (Å²) in [5, 5.41) is 0. The molecule has 1 amide bonds. The molecule has 4 nitrogen and oxygen atoms in total. The van der Waals surface area contributed by atoms with Gasteiger partial charge in [-0.1, -0.05) is 128 Å². The molecule has 0 N–H and O–H groups in total. The van der Waals surface area contributed by atoms with Gasteiger partial charge in [-0.2, -0.15) is 0 Å². The number of ether oxygens (including phenoxy) is 1. The van der Waals surface area contributed by atoms with Crippen molar-refractivity contribution < 1.29 is 9.53 Å². The van der Waals surface area contributed by atoms with Crippen molar-refractivity contribution in [2.24, 2.45) is 11.8 Å². The molecule has 51 heavy (non-hydrogen) atoms. The topological polar surface area (TPSA) is 32.8 Å². The second-order valence-corrected chi connectivity index (χ2v) is 13.0. The van der Waals surface area contributed by atoms with Gasteiger partial charge in [0.25, 0.3) is 0 Å². The monoisotopic (exact) mass is 701 g/mol. The molecule has 4 heteroatoms. The highest BCUT2D eigenvalue weighted by atomic mass is 16.5. The molecule has 3 atom stereocenters. The largest absolute Gasteiger partial charge is 0.494 e. The van der Waals surface area contributed by atoms with Crippen LogP contribution in [0.5, 0.6) is 0 Å². The van der Waals surface area contributed by atoms with Crippen LogP contribution in [0.25, 0.3) is 0 Å². The van der Waals surface area contributed by atoms with Crippen LogP contribution in [-0.2, 0) is 9.53 Å². The van der Waals surface area contributed by atoms with E-state index >= 15 is 0 Å². The summed E-state index contributed by atoms with van der Waals surface area (Å²) < 4.78 is 6.18. The number of amides is 1. The Bertz CT molecular complexity index is 1260. The van der Waals surface area contributed by atoms with E-state index in [2.05, 4.69) is 131 Å². The van der Waals surface area contributed by atoms with Gasteiger partial charge in [0.1, 0.15) is 5.76 Å². The number of rotatable bonds is 12. The molecule has 2 aliphatic heterocycles. The van der Waals surface area contributed by atoms with Crippen LogP contribution in [0.3, 0.4) is 0 Å². The summed E-state index contributed by atoms with van der Waals surface area (Å²) in [5.41, 5.74) is 5.22. The Labute approximate surface area is 316 Å². The Balaban J connectivity index is 0. The fourth-order valence-electron chi connectivity index (χ4n) is 5.83. The number of carbonyl (C=O) groups is 1. The molecule has 1 aromatic carbocycles. The normalized spacial score (nSPS) is 18.4. The summed E-state index contributed by atoms with van der Waals surface area (Å²) in [7, 11) is 2.19. The zero-order valence-corrected chi connectivity index (χ0v) is 35.1. The number of terminal acetylenes is 1. The number of hydrogen-bond acceptors (Lipinski definition) is 3. The minimum atomic E-state index is 0.0302.